The molecule has 1 atom stereocenters. The predicted octanol–water partition coefficient (Wildman–Crippen LogP) is 2.97. The van der Waals surface area contributed by atoms with Gasteiger partial charge in [-0.3, -0.25) is 0 Å². The van der Waals surface area contributed by atoms with E-state index in [1.54, 1.807) is 0 Å². The lowest BCUT2D eigenvalue weighted by Crippen LogP contribution is -2.44. The van der Waals surface area contributed by atoms with Gasteiger partial charge in [0.25, 0.3) is 0 Å². The average Bonchev–Trinajstić information content (AvgIpc) is 2.35. The Morgan fingerprint density at radius 1 is 1.44 bits per heavy atom. The average molecular weight is 316 g/mol. The third-order valence-electron chi connectivity index (χ3n) is 3.16. The monoisotopic (exact) mass is 315 g/mol. The van der Waals surface area contributed by atoms with Crippen LogP contribution in [0.3, 0.4) is 0 Å². The van der Waals surface area contributed by atoms with Gasteiger partial charge in [0.1, 0.15) is 12.4 Å². The van der Waals surface area contributed by atoms with E-state index in [1.807, 2.05) is 24.3 Å². The van der Waals surface area contributed by atoms with Crippen molar-refractivity contribution in [1.29, 1.82) is 0 Å². The van der Waals surface area contributed by atoms with Crippen LogP contribution in [0.25, 0.3) is 0 Å². The zero-order chi connectivity index (χ0) is 13.4. The molecule has 0 saturated carbocycles. The van der Waals surface area contributed by atoms with E-state index in [-0.39, 0.29) is 12.1 Å². The van der Waals surface area contributed by atoms with Crippen molar-refractivity contribution in [2.45, 2.75) is 32.2 Å². The highest BCUT2D eigenvalue weighted by Crippen LogP contribution is 2.17. The summed E-state index contributed by atoms with van der Waals surface area (Å²) < 4.78 is 6.67. The maximum absolute atomic E-state index is 9.02. The van der Waals surface area contributed by atoms with Crippen LogP contribution in [0.1, 0.15) is 26.7 Å². The number of benzene rings is 1. The Morgan fingerprint density at radius 3 is 2.83 bits per heavy atom. The molecule has 3 nitrogen and oxygen atoms in total. The van der Waals surface area contributed by atoms with Gasteiger partial charge in [0.2, 0.25) is 0 Å². The highest BCUT2D eigenvalue weighted by atomic mass is 79.9. The van der Waals surface area contributed by atoms with Gasteiger partial charge in [0.15, 0.2) is 0 Å². The summed E-state index contributed by atoms with van der Waals surface area (Å²) >= 11 is 3.41. The van der Waals surface area contributed by atoms with Crippen LogP contribution in [0, 0.1) is 0 Å². The number of hydrogen-bond donors (Lipinski definition) is 2. The second-order valence-corrected chi connectivity index (χ2v) is 5.54. The van der Waals surface area contributed by atoms with Crippen molar-refractivity contribution in [2.24, 2.45) is 0 Å². The number of aliphatic hydroxyl groups excluding tert-OH is 1. The van der Waals surface area contributed by atoms with E-state index in [2.05, 4.69) is 35.1 Å². The third-order valence-corrected chi connectivity index (χ3v) is 3.66. The molecule has 0 amide bonds. The van der Waals surface area contributed by atoms with Crippen LogP contribution in [0.4, 0.5) is 0 Å². The molecule has 0 radical (unpaired) electrons. The fourth-order valence-corrected chi connectivity index (χ4v) is 2.09. The van der Waals surface area contributed by atoms with E-state index in [4.69, 9.17) is 9.84 Å². The third kappa shape index (κ3) is 5.38. The molecule has 1 aromatic rings. The molecule has 0 aliphatic carbocycles. The van der Waals surface area contributed by atoms with Gasteiger partial charge in [-0.25, -0.2) is 0 Å². The lowest BCUT2D eigenvalue weighted by molar-refractivity contribution is 0.204. The van der Waals surface area contributed by atoms with Crippen molar-refractivity contribution in [3.63, 3.8) is 0 Å². The van der Waals surface area contributed by atoms with E-state index < -0.39 is 0 Å². The topological polar surface area (TPSA) is 41.5 Å². The second kappa shape index (κ2) is 7.77. The second-order valence-electron chi connectivity index (χ2n) is 4.62. The fourth-order valence-electron chi connectivity index (χ4n) is 1.72. The largest absolute Gasteiger partial charge is 0.492 e. The molecule has 102 valence electrons. The van der Waals surface area contributed by atoms with Gasteiger partial charge < -0.3 is 15.2 Å². The Balaban J connectivity index is 2.30. The first kappa shape index (κ1) is 15.5. The highest BCUT2D eigenvalue weighted by molar-refractivity contribution is 9.10. The highest BCUT2D eigenvalue weighted by Gasteiger charge is 2.19. The van der Waals surface area contributed by atoms with Crippen LogP contribution in [-0.4, -0.2) is 30.4 Å². The van der Waals surface area contributed by atoms with Gasteiger partial charge in [0.05, 0.1) is 0 Å². The summed E-state index contributed by atoms with van der Waals surface area (Å²) in [4.78, 5) is 0. The number of aliphatic hydroxyl groups is 1. The van der Waals surface area contributed by atoms with Crippen molar-refractivity contribution in [2.75, 3.05) is 19.8 Å². The number of halogens is 1. The lowest BCUT2D eigenvalue weighted by Gasteiger charge is -2.29. The predicted molar refractivity (Wildman–Crippen MR) is 78.0 cm³/mol. The molecule has 1 rings (SSSR count). The Labute approximate surface area is 118 Å². The van der Waals surface area contributed by atoms with Crippen molar-refractivity contribution in [3.05, 3.63) is 28.7 Å². The first-order chi connectivity index (χ1) is 8.59. The zero-order valence-corrected chi connectivity index (χ0v) is 12.7. The molecular formula is C14H22BrNO2. The maximum Gasteiger partial charge on any atom is 0.120 e. The molecule has 0 spiro atoms. The molecule has 1 unspecified atom stereocenters. The Bertz CT molecular complexity index is 359. The van der Waals surface area contributed by atoms with Gasteiger partial charge in [-0.15, -0.1) is 0 Å². The summed E-state index contributed by atoms with van der Waals surface area (Å²) in [6.07, 6.45) is 1.75. The summed E-state index contributed by atoms with van der Waals surface area (Å²) in [7, 11) is 0. The van der Waals surface area contributed by atoms with Crippen molar-refractivity contribution >= 4 is 15.9 Å². The normalized spacial score (nSPS) is 14.2. The minimum absolute atomic E-state index is 0.00458. The summed E-state index contributed by atoms with van der Waals surface area (Å²) in [5.41, 5.74) is -0.00458. The minimum atomic E-state index is -0.00458. The van der Waals surface area contributed by atoms with Gasteiger partial charge in [0, 0.05) is 23.2 Å². The van der Waals surface area contributed by atoms with Crippen LogP contribution < -0.4 is 10.1 Å². The van der Waals surface area contributed by atoms with Gasteiger partial charge in [-0.05, 0) is 38.0 Å². The Kier molecular flexibility index (Phi) is 6.68. The molecule has 2 N–H and O–H groups in total. The van der Waals surface area contributed by atoms with Crippen molar-refractivity contribution in [1.82, 2.24) is 5.32 Å². The van der Waals surface area contributed by atoms with E-state index in [0.717, 1.165) is 29.6 Å². The van der Waals surface area contributed by atoms with Crippen molar-refractivity contribution in [3.8, 4) is 5.75 Å². The number of nitrogens with one attached hydrogen (secondary N) is 1. The first-order valence-corrected chi connectivity index (χ1v) is 7.13. The molecule has 1 aromatic carbocycles. The van der Waals surface area contributed by atoms with Gasteiger partial charge in [-0.2, -0.15) is 0 Å². The SMILES string of the molecule is CCC(C)(CCO)NCCOc1cccc(Br)c1. The molecule has 4 heteroatoms. The Hall–Kier alpha value is -0.580. The molecule has 0 fully saturated rings. The minimum Gasteiger partial charge on any atom is -0.492 e. The van der Waals surface area contributed by atoms with Crippen LogP contribution in [0.15, 0.2) is 28.7 Å². The summed E-state index contributed by atoms with van der Waals surface area (Å²) in [6, 6.07) is 7.82. The standard InChI is InChI=1S/C14H22BrNO2/c1-3-14(2,7-9-17)16-8-10-18-13-6-4-5-12(15)11-13/h4-6,11,16-17H,3,7-10H2,1-2H3. The van der Waals surface area contributed by atoms with Crippen LogP contribution in [0.2, 0.25) is 0 Å². The van der Waals surface area contributed by atoms with Crippen LogP contribution >= 0.6 is 15.9 Å². The molecule has 18 heavy (non-hydrogen) atoms. The summed E-state index contributed by atoms with van der Waals surface area (Å²) in [6.45, 7) is 5.86. The fraction of sp³-hybridized carbons (Fsp3) is 0.571. The van der Waals surface area contributed by atoms with Crippen LogP contribution in [0.5, 0.6) is 5.75 Å². The molecular weight excluding hydrogens is 294 g/mol. The number of rotatable bonds is 8. The molecule has 0 aliphatic rings. The molecule has 0 aliphatic heterocycles. The van der Waals surface area contributed by atoms with E-state index in [9.17, 15) is 0 Å². The molecule has 0 saturated heterocycles. The zero-order valence-electron chi connectivity index (χ0n) is 11.1. The van der Waals surface area contributed by atoms with E-state index in [1.165, 1.54) is 0 Å². The lowest BCUT2D eigenvalue weighted by atomic mass is 9.95. The van der Waals surface area contributed by atoms with Crippen molar-refractivity contribution < 1.29 is 9.84 Å². The number of ether oxygens (including phenoxy) is 1. The van der Waals surface area contributed by atoms with E-state index >= 15 is 0 Å². The molecule has 0 bridgehead atoms. The smallest absolute Gasteiger partial charge is 0.120 e. The first-order valence-electron chi connectivity index (χ1n) is 6.34. The molecule has 0 heterocycles. The van der Waals surface area contributed by atoms with E-state index in [0.29, 0.717) is 6.61 Å². The maximum atomic E-state index is 9.02. The Morgan fingerprint density at radius 2 is 2.22 bits per heavy atom. The summed E-state index contributed by atoms with van der Waals surface area (Å²) in [5.74, 6) is 0.867. The van der Waals surface area contributed by atoms with Gasteiger partial charge >= 0.3 is 0 Å². The molecule has 0 aromatic heterocycles. The quantitative estimate of drug-likeness (QED) is 0.725. The van der Waals surface area contributed by atoms with Crippen LogP contribution in [-0.2, 0) is 0 Å². The van der Waals surface area contributed by atoms with Gasteiger partial charge in [-0.1, -0.05) is 28.9 Å². The summed E-state index contributed by atoms with van der Waals surface area (Å²) in [5, 5.41) is 12.5. The number of hydrogen-bond acceptors (Lipinski definition) is 3.